The van der Waals surface area contributed by atoms with Gasteiger partial charge in [0.15, 0.2) is 5.76 Å². The third-order valence-electron chi connectivity index (χ3n) is 3.47. The molecule has 2 aromatic heterocycles. The molecule has 0 unspecified atom stereocenters. The summed E-state index contributed by atoms with van der Waals surface area (Å²) in [6.07, 6.45) is 0. The van der Waals surface area contributed by atoms with Crippen molar-refractivity contribution in [3.63, 3.8) is 0 Å². The molecule has 0 aliphatic rings. The number of thiophene rings is 1. The zero-order valence-corrected chi connectivity index (χ0v) is 14.5. The largest absolute Gasteiger partial charge is 0.355 e. The minimum absolute atomic E-state index is 0.160. The third-order valence-corrected chi connectivity index (χ3v) is 6.43. The summed E-state index contributed by atoms with van der Waals surface area (Å²) in [4.78, 5) is 0.694. The molecule has 0 bridgehead atoms. The first-order chi connectivity index (χ1) is 11.4. The third kappa shape index (κ3) is 3.04. The zero-order chi connectivity index (χ0) is 17.3. The molecule has 8 heteroatoms. The fourth-order valence-electron chi connectivity index (χ4n) is 2.09. The number of benzene rings is 1. The second-order valence-electron chi connectivity index (χ2n) is 5.14. The van der Waals surface area contributed by atoms with Gasteiger partial charge in [0, 0.05) is 5.56 Å². The van der Waals surface area contributed by atoms with Crippen molar-refractivity contribution < 1.29 is 12.9 Å². The summed E-state index contributed by atoms with van der Waals surface area (Å²) in [5, 5.41) is 12.8. The van der Waals surface area contributed by atoms with Crippen molar-refractivity contribution in [2.45, 2.75) is 18.1 Å². The molecule has 3 aromatic rings. The van der Waals surface area contributed by atoms with Gasteiger partial charge in [-0.15, -0.1) is 11.3 Å². The molecular formula is C16H13N3O3S2. The van der Waals surface area contributed by atoms with E-state index in [-0.39, 0.29) is 4.21 Å². The van der Waals surface area contributed by atoms with Gasteiger partial charge in [0.2, 0.25) is 0 Å². The second kappa shape index (κ2) is 6.11. The maximum Gasteiger partial charge on any atom is 0.271 e. The molecular weight excluding hydrogens is 346 g/mol. The molecule has 0 fully saturated rings. The SMILES string of the molecule is Cc1noc(-c2ccc(S(=O)(=O)Nc3cccc(C#N)c3)s2)c1C. The van der Waals surface area contributed by atoms with Crippen LogP contribution < -0.4 is 4.72 Å². The molecule has 6 nitrogen and oxygen atoms in total. The molecule has 0 saturated heterocycles. The molecule has 0 atom stereocenters. The van der Waals surface area contributed by atoms with Gasteiger partial charge in [-0.2, -0.15) is 5.26 Å². The van der Waals surface area contributed by atoms with Crippen molar-refractivity contribution in [1.82, 2.24) is 5.16 Å². The van der Waals surface area contributed by atoms with Crippen LogP contribution in [0.5, 0.6) is 0 Å². The number of hydrogen-bond donors (Lipinski definition) is 1. The highest BCUT2D eigenvalue weighted by atomic mass is 32.2. The van der Waals surface area contributed by atoms with Crippen LogP contribution in [0.15, 0.2) is 45.1 Å². The Hall–Kier alpha value is -2.63. The van der Waals surface area contributed by atoms with Gasteiger partial charge in [0.1, 0.15) is 4.21 Å². The number of aromatic nitrogens is 1. The second-order valence-corrected chi connectivity index (χ2v) is 8.13. The minimum Gasteiger partial charge on any atom is -0.355 e. The van der Waals surface area contributed by atoms with Crippen molar-refractivity contribution in [3.8, 4) is 16.7 Å². The number of sulfonamides is 1. The minimum atomic E-state index is -3.73. The van der Waals surface area contributed by atoms with E-state index in [1.165, 1.54) is 12.1 Å². The predicted molar refractivity (Wildman–Crippen MR) is 91.3 cm³/mol. The van der Waals surface area contributed by atoms with Crippen molar-refractivity contribution in [2.24, 2.45) is 0 Å². The maximum atomic E-state index is 12.5. The van der Waals surface area contributed by atoms with E-state index < -0.39 is 10.0 Å². The van der Waals surface area contributed by atoms with E-state index in [4.69, 9.17) is 9.78 Å². The summed E-state index contributed by atoms with van der Waals surface area (Å²) < 4.78 is 32.9. The van der Waals surface area contributed by atoms with E-state index in [1.54, 1.807) is 24.3 Å². The average molecular weight is 359 g/mol. The lowest BCUT2D eigenvalue weighted by Crippen LogP contribution is -2.11. The number of anilines is 1. The van der Waals surface area contributed by atoms with Gasteiger partial charge in [-0.25, -0.2) is 8.42 Å². The topological polar surface area (TPSA) is 96.0 Å². The number of nitrogens with one attached hydrogen (secondary N) is 1. The Bertz CT molecular complexity index is 1040. The molecule has 0 aliphatic heterocycles. The number of rotatable bonds is 4. The summed E-state index contributed by atoms with van der Waals surface area (Å²) in [5.41, 5.74) is 2.38. The van der Waals surface area contributed by atoms with Crippen LogP contribution in [0.25, 0.3) is 10.6 Å². The lowest BCUT2D eigenvalue weighted by molar-refractivity contribution is 0.427. The molecule has 1 aromatic carbocycles. The quantitative estimate of drug-likeness (QED) is 0.766. The molecule has 122 valence electrons. The molecule has 2 heterocycles. The van der Waals surface area contributed by atoms with Crippen LogP contribution in [0.3, 0.4) is 0 Å². The number of nitriles is 1. The Kier molecular flexibility index (Phi) is 4.13. The van der Waals surface area contributed by atoms with Gasteiger partial charge in [0.25, 0.3) is 10.0 Å². The summed E-state index contributed by atoms with van der Waals surface area (Å²) in [6.45, 7) is 3.71. The van der Waals surface area contributed by atoms with E-state index in [1.807, 2.05) is 19.9 Å². The van der Waals surface area contributed by atoms with Crippen molar-refractivity contribution in [1.29, 1.82) is 5.26 Å². The fourth-order valence-corrected chi connectivity index (χ4v) is 4.48. The van der Waals surface area contributed by atoms with Crippen LogP contribution in [-0.4, -0.2) is 13.6 Å². The van der Waals surface area contributed by atoms with Gasteiger partial charge in [-0.05, 0) is 44.2 Å². The molecule has 24 heavy (non-hydrogen) atoms. The zero-order valence-electron chi connectivity index (χ0n) is 12.9. The van der Waals surface area contributed by atoms with Crippen molar-refractivity contribution >= 4 is 27.0 Å². The first-order valence-corrected chi connectivity index (χ1v) is 9.27. The smallest absolute Gasteiger partial charge is 0.271 e. The first-order valence-electron chi connectivity index (χ1n) is 6.97. The fraction of sp³-hybridized carbons (Fsp3) is 0.125. The highest BCUT2D eigenvalue weighted by Gasteiger charge is 2.20. The molecule has 0 radical (unpaired) electrons. The van der Waals surface area contributed by atoms with Crippen LogP contribution in [0.4, 0.5) is 5.69 Å². The van der Waals surface area contributed by atoms with E-state index in [2.05, 4.69) is 9.88 Å². The summed E-state index contributed by atoms with van der Waals surface area (Å²) >= 11 is 1.10. The first kappa shape index (κ1) is 16.2. The number of nitrogens with zero attached hydrogens (tertiary/aromatic N) is 2. The average Bonchev–Trinajstić information content (AvgIpc) is 3.16. The Labute approximate surface area is 143 Å². The van der Waals surface area contributed by atoms with E-state index in [0.29, 0.717) is 21.9 Å². The molecule has 1 N–H and O–H groups in total. The van der Waals surface area contributed by atoms with Gasteiger partial charge in [0.05, 0.1) is 27.9 Å². The molecule has 0 spiro atoms. The summed E-state index contributed by atoms with van der Waals surface area (Å²) in [7, 11) is -3.73. The van der Waals surface area contributed by atoms with Gasteiger partial charge < -0.3 is 4.52 Å². The standard InChI is InChI=1S/C16H13N3O3S2/c1-10-11(2)18-22-16(10)14-6-7-15(23-14)24(20,21)19-13-5-3-4-12(8-13)9-17/h3-8,19H,1-2H3. The highest BCUT2D eigenvalue weighted by Crippen LogP contribution is 2.34. The van der Waals surface area contributed by atoms with Crippen LogP contribution >= 0.6 is 11.3 Å². The summed E-state index contributed by atoms with van der Waals surface area (Å²) in [6, 6.07) is 11.5. The normalized spacial score (nSPS) is 11.2. The summed E-state index contributed by atoms with van der Waals surface area (Å²) in [5.74, 6) is 0.574. The number of aryl methyl sites for hydroxylation is 1. The van der Waals surface area contributed by atoms with Crippen LogP contribution in [-0.2, 0) is 10.0 Å². The van der Waals surface area contributed by atoms with Crippen molar-refractivity contribution in [3.05, 3.63) is 53.2 Å². The Morgan fingerprint density at radius 3 is 2.71 bits per heavy atom. The lowest BCUT2D eigenvalue weighted by Gasteiger charge is -2.06. The maximum absolute atomic E-state index is 12.5. The molecule has 0 amide bonds. The van der Waals surface area contributed by atoms with E-state index in [0.717, 1.165) is 22.6 Å². The molecule has 0 aliphatic carbocycles. The van der Waals surface area contributed by atoms with E-state index >= 15 is 0 Å². The number of hydrogen-bond acceptors (Lipinski definition) is 6. The Balaban J connectivity index is 1.91. The Morgan fingerprint density at radius 1 is 1.25 bits per heavy atom. The van der Waals surface area contributed by atoms with Gasteiger partial charge in [-0.1, -0.05) is 11.2 Å². The highest BCUT2D eigenvalue weighted by molar-refractivity contribution is 7.94. The molecule has 0 saturated carbocycles. The van der Waals surface area contributed by atoms with E-state index in [9.17, 15) is 8.42 Å². The monoisotopic (exact) mass is 359 g/mol. The van der Waals surface area contributed by atoms with Crippen LogP contribution in [0.1, 0.15) is 16.8 Å². The van der Waals surface area contributed by atoms with Crippen LogP contribution in [0, 0.1) is 25.2 Å². The van der Waals surface area contributed by atoms with Crippen molar-refractivity contribution in [2.75, 3.05) is 4.72 Å². The lowest BCUT2D eigenvalue weighted by atomic mass is 10.2. The van der Waals surface area contributed by atoms with Gasteiger partial charge >= 0.3 is 0 Å². The predicted octanol–water partition coefficient (Wildman–Crippen LogP) is 3.69. The molecule has 3 rings (SSSR count). The van der Waals surface area contributed by atoms with Gasteiger partial charge in [-0.3, -0.25) is 4.72 Å². The van der Waals surface area contributed by atoms with Crippen LogP contribution in [0.2, 0.25) is 0 Å². The Morgan fingerprint density at radius 2 is 2.04 bits per heavy atom.